The fourth-order valence-corrected chi connectivity index (χ4v) is 2.73. The first kappa shape index (κ1) is 16.1. The first-order valence-electron chi connectivity index (χ1n) is 7.36. The predicted octanol–water partition coefficient (Wildman–Crippen LogP) is 4.25. The Kier molecular flexibility index (Phi) is 5.18. The highest BCUT2D eigenvalue weighted by atomic mass is 32.1. The Hall–Kier alpha value is -2.73. The van der Waals surface area contributed by atoms with E-state index in [4.69, 9.17) is 4.74 Å². The van der Waals surface area contributed by atoms with Crippen molar-refractivity contribution in [1.82, 2.24) is 4.98 Å². The van der Waals surface area contributed by atoms with Crippen LogP contribution >= 0.6 is 11.3 Å². The second kappa shape index (κ2) is 7.70. The van der Waals surface area contributed by atoms with E-state index in [2.05, 4.69) is 10.3 Å². The van der Waals surface area contributed by atoms with E-state index >= 15 is 0 Å². The molecule has 1 heterocycles. The van der Waals surface area contributed by atoms with Crippen LogP contribution in [0.3, 0.4) is 0 Å². The van der Waals surface area contributed by atoms with Gasteiger partial charge < -0.3 is 10.1 Å². The number of hydrogen-bond acceptors (Lipinski definition) is 5. The second-order valence-corrected chi connectivity index (χ2v) is 5.90. The van der Waals surface area contributed by atoms with Crippen molar-refractivity contribution in [2.75, 3.05) is 5.32 Å². The van der Waals surface area contributed by atoms with Gasteiger partial charge in [0.1, 0.15) is 12.4 Å². The minimum absolute atomic E-state index is 0.115. The number of esters is 1. The number of hydrogen-bond donors (Lipinski definition) is 1. The monoisotopic (exact) mass is 342 g/mol. The Morgan fingerprint density at radius 2 is 1.88 bits per heavy atom. The summed E-state index contributed by atoms with van der Waals surface area (Å²) < 4.78 is 18.6. The summed E-state index contributed by atoms with van der Waals surface area (Å²) in [5.41, 5.74) is 1.67. The lowest BCUT2D eigenvalue weighted by Crippen LogP contribution is -2.07. The third kappa shape index (κ3) is 4.17. The number of benzene rings is 2. The van der Waals surface area contributed by atoms with Crippen LogP contribution in [0.5, 0.6) is 0 Å². The number of rotatable bonds is 6. The first-order valence-corrected chi connectivity index (χ1v) is 8.24. The fraction of sp³-hybridized carbons (Fsp3) is 0.111. The number of thiazole rings is 1. The van der Waals surface area contributed by atoms with Crippen LogP contribution in [-0.4, -0.2) is 11.0 Å². The molecule has 6 heteroatoms. The lowest BCUT2D eigenvalue weighted by Gasteiger charge is -2.04. The Morgan fingerprint density at radius 1 is 1.12 bits per heavy atom. The van der Waals surface area contributed by atoms with Crippen molar-refractivity contribution in [3.63, 3.8) is 0 Å². The van der Waals surface area contributed by atoms with Gasteiger partial charge in [-0.05, 0) is 11.6 Å². The zero-order chi connectivity index (χ0) is 16.8. The molecule has 0 spiro atoms. The molecule has 0 bridgehead atoms. The summed E-state index contributed by atoms with van der Waals surface area (Å²) in [4.78, 5) is 16.2. The van der Waals surface area contributed by atoms with Crippen molar-refractivity contribution in [2.24, 2.45) is 0 Å². The van der Waals surface area contributed by atoms with Gasteiger partial charge in [-0.3, -0.25) is 0 Å². The van der Waals surface area contributed by atoms with Gasteiger partial charge in [0.05, 0.1) is 0 Å². The van der Waals surface area contributed by atoms with Gasteiger partial charge in [0, 0.05) is 17.5 Å². The van der Waals surface area contributed by atoms with Crippen molar-refractivity contribution in [3.8, 4) is 0 Å². The molecular formula is C18H15FN2O2S. The maximum absolute atomic E-state index is 13.5. The molecule has 122 valence electrons. The van der Waals surface area contributed by atoms with Crippen LogP contribution in [0.1, 0.15) is 21.6 Å². The van der Waals surface area contributed by atoms with E-state index < -0.39 is 11.8 Å². The highest BCUT2D eigenvalue weighted by Crippen LogP contribution is 2.18. The Morgan fingerprint density at radius 3 is 2.67 bits per heavy atom. The van der Waals surface area contributed by atoms with Gasteiger partial charge in [-0.1, -0.05) is 48.5 Å². The van der Waals surface area contributed by atoms with E-state index in [0.717, 1.165) is 5.56 Å². The standard InChI is InChI=1S/C18H15FN2O2S/c19-15-9-5-4-8-14(15)11-23-17(22)16-12-24-18(21-16)20-10-13-6-2-1-3-7-13/h1-9,12H,10-11H2,(H,20,21). The average molecular weight is 342 g/mol. The molecule has 0 amide bonds. The van der Waals surface area contributed by atoms with Crippen molar-refractivity contribution < 1.29 is 13.9 Å². The molecule has 2 aromatic carbocycles. The van der Waals surface area contributed by atoms with Crippen LogP contribution in [0.2, 0.25) is 0 Å². The fourth-order valence-electron chi connectivity index (χ4n) is 2.05. The first-order chi connectivity index (χ1) is 11.7. The van der Waals surface area contributed by atoms with Gasteiger partial charge in [-0.15, -0.1) is 11.3 Å². The summed E-state index contributed by atoms with van der Waals surface area (Å²) in [6.07, 6.45) is 0. The van der Waals surface area contributed by atoms with E-state index in [1.54, 1.807) is 23.6 Å². The molecule has 0 unspecified atom stereocenters. The number of nitrogens with one attached hydrogen (secondary N) is 1. The summed E-state index contributed by atoms with van der Waals surface area (Å²) >= 11 is 1.32. The predicted molar refractivity (Wildman–Crippen MR) is 91.4 cm³/mol. The van der Waals surface area contributed by atoms with Crippen LogP contribution in [0.25, 0.3) is 0 Å². The molecule has 0 atom stereocenters. The van der Waals surface area contributed by atoms with Crippen LogP contribution in [0.15, 0.2) is 60.0 Å². The number of ether oxygens (including phenoxy) is 1. The molecule has 3 aromatic rings. The number of nitrogens with zero attached hydrogens (tertiary/aromatic N) is 1. The van der Waals surface area contributed by atoms with Crippen molar-refractivity contribution in [1.29, 1.82) is 0 Å². The molecule has 0 saturated heterocycles. The van der Waals surface area contributed by atoms with Crippen LogP contribution in [-0.2, 0) is 17.9 Å². The van der Waals surface area contributed by atoms with E-state index in [-0.39, 0.29) is 12.3 Å². The molecule has 24 heavy (non-hydrogen) atoms. The summed E-state index contributed by atoms with van der Waals surface area (Å²) in [7, 11) is 0. The number of aromatic nitrogens is 1. The van der Waals surface area contributed by atoms with Crippen LogP contribution < -0.4 is 5.32 Å². The average Bonchev–Trinajstić information content (AvgIpc) is 3.09. The topological polar surface area (TPSA) is 51.2 Å². The lowest BCUT2D eigenvalue weighted by molar-refractivity contribution is 0.0463. The van der Waals surface area contributed by atoms with Gasteiger partial charge in [0.2, 0.25) is 0 Å². The van der Waals surface area contributed by atoms with Crippen LogP contribution in [0.4, 0.5) is 9.52 Å². The highest BCUT2D eigenvalue weighted by molar-refractivity contribution is 7.13. The summed E-state index contributed by atoms with van der Waals surface area (Å²) in [6.45, 7) is 0.508. The van der Waals surface area contributed by atoms with Gasteiger partial charge >= 0.3 is 5.97 Å². The van der Waals surface area contributed by atoms with Crippen molar-refractivity contribution >= 4 is 22.4 Å². The van der Waals surface area contributed by atoms with E-state index in [1.165, 1.54) is 17.4 Å². The Bertz CT molecular complexity index is 821. The molecule has 0 aliphatic rings. The quantitative estimate of drug-likeness (QED) is 0.680. The molecule has 1 aromatic heterocycles. The summed E-state index contributed by atoms with van der Waals surface area (Å²) in [5.74, 6) is -0.962. The minimum atomic E-state index is -0.567. The molecule has 0 aliphatic heterocycles. The van der Waals surface area contributed by atoms with Gasteiger partial charge in [-0.25, -0.2) is 14.2 Å². The third-order valence-corrected chi connectivity index (χ3v) is 4.12. The Labute approximate surface area is 142 Å². The smallest absolute Gasteiger partial charge is 0.358 e. The van der Waals surface area contributed by atoms with E-state index in [0.29, 0.717) is 17.2 Å². The molecule has 0 radical (unpaired) electrons. The SMILES string of the molecule is O=C(OCc1ccccc1F)c1csc(NCc2ccccc2)n1. The number of anilines is 1. The number of carbonyl (C=O) groups is 1. The maximum atomic E-state index is 13.5. The Balaban J connectivity index is 1.55. The number of halogens is 1. The maximum Gasteiger partial charge on any atom is 0.358 e. The molecule has 0 saturated carbocycles. The summed E-state index contributed by atoms with van der Waals surface area (Å²) in [6, 6.07) is 16.1. The zero-order valence-electron chi connectivity index (χ0n) is 12.7. The molecular weight excluding hydrogens is 327 g/mol. The molecule has 4 nitrogen and oxygen atoms in total. The lowest BCUT2D eigenvalue weighted by atomic mass is 10.2. The van der Waals surface area contributed by atoms with Crippen LogP contribution in [0, 0.1) is 5.82 Å². The molecule has 0 aliphatic carbocycles. The van der Waals surface area contributed by atoms with Crippen molar-refractivity contribution in [2.45, 2.75) is 13.2 Å². The molecule has 0 fully saturated rings. The second-order valence-electron chi connectivity index (χ2n) is 5.04. The van der Waals surface area contributed by atoms with Gasteiger partial charge in [0.15, 0.2) is 10.8 Å². The molecule has 3 rings (SSSR count). The van der Waals surface area contributed by atoms with E-state index in [9.17, 15) is 9.18 Å². The van der Waals surface area contributed by atoms with Gasteiger partial charge in [-0.2, -0.15) is 0 Å². The largest absolute Gasteiger partial charge is 0.456 e. The summed E-state index contributed by atoms with van der Waals surface area (Å²) in [5, 5.41) is 5.42. The zero-order valence-corrected chi connectivity index (χ0v) is 13.6. The third-order valence-electron chi connectivity index (χ3n) is 3.32. The minimum Gasteiger partial charge on any atom is -0.456 e. The number of carbonyl (C=O) groups excluding carboxylic acids is 1. The van der Waals surface area contributed by atoms with Crippen molar-refractivity contribution in [3.05, 3.63) is 82.6 Å². The highest BCUT2D eigenvalue weighted by Gasteiger charge is 2.13. The van der Waals surface area contributed by atoms with Gasteiger partial charge in [0.25, 0.3) is 0 Å². The normalized spacial score (nSPS) is 10.4. The molecule has 1 N–H and O–H groups in total. The van der Waals surface area contributed by atoms with E-state index in [1.807, 2.05) is 30.3 Å².